The molecule has 0 aliphatic heterocycles. The van der Waals surface area contributed by atoms with Crippen LogP contribution in [0.3, 0.4) is 0 Å². The summed E-state index contributed by atoms with van der Waals surface area (Å²) in [6.45, 7) is 0. The fourth-order valence-corrected chi connectivity index (χ4v) is 1.18. The molecule has 0 amide bonds. The Hall–Kier alpha value is -1.78. The lowest BCUT2D eigenvalue weighted by molar-refractivity contribution is -0.142. The van der Waals surface area contributed by atoms with Crippen LogP contribution in [0.5, 0.6) is 0 Å². The van der Waals surface area contributed by atoms with E-state index in [1.165, 1.54) is 6.07 Å². The quantitative estimate of drug-likeness (QED) is 0.759. The molecular formula is C9H4F6N2. The van der Waals surface area contributed by atoms with Gasteiger partial charge in [0.2, 0.25) is 0 Å². The predicted octanol–water partition coefficient (Wildman–Crippen LogP) is 3.24. The number of pyridine rings is 1. The Labute approximate surface area is 91.5 Å². The smallest absolute Gasteiger partial charge is 0.251 e. The molecule has 0 saturated carbocycles. The lowest BCUT2D eigenvalue weighted by atomic mass is 10.1. The predicted molar refractivity (Wildman–Crippen MR) is 43.5 cm³/mol. The lowest BCUT2D eigenvalue weighted by Crippen LogP contribution is -2.15. The Morgan fingerprint density at radius 3 is 2.35 bits per heavy atom. The highest BCUT2D eigenvalue weighted by atomic mass is 19.4. The van der Waals surface area contributed by atoms with Crippen LogP contribution in [0.4, 0.5) is 26.3 Å². The van der Waals surface area contributed by atoms with E-state index in [1.54, 1.807) is 0 Å². The fourth-order valence-electron chi connectivity index (χ4n) is 1.18. The molecule has 8 heteroatoms. The number of nitriles is 1. The number of aromatic nitrogens is 1. The minimum atomic E-state index is -4.99. The number of alkyl halides is 5. The zero-order valence-electron chi connectivity index (χ0n) is 8.02. The van der Waals surface area contributed by atoms with Crippen molar-refractivity contribution in [3.8, 4) is 6.07 Å². The second kappa shape index (κ2) is 4.61. The summed E-state index contributed by atoms with van der Waals surface area (Å²) in [4.78, 5) is 2.75. The van der Waals surface area contributed by atoms with Crippen LogP contribution in [-0.2, 0) is 12.6 Å². The molecule has 0 bridgehead atoms. The number of nitrogens with zero attached hydrogens (tertiary/aromatic N) is 2. The molecule has 1 aromatic rings. The molecule has 0 radical (unpaired) electrons. The van der Waals surface area contributed by atoms with Gasteiger partial charge in [-0.3, -0.25) is 4.98 Å². The highest BCUT2D eigenvalue weighted by Crippen LogP contribution is 2.34. The van der Waals surface area contributed by atoms with Gasteiger partial charge < -0.3 is 0 Å². The van der Waals surface area contributed by atoms with Gasteiger partial charge in [0.1, 0.15) is 5.82 Å². The third-order valence-electron chi connectivity index (χ3n) is 1.90. The monoisotopic (exact) mass is 254 g/mol. The highest BCUT2D eigenvalue weighted by molar-refractivity contribution is 5.32. The lowest BCUT2D eigenvalue weighted by Gasteiger charge is -2.12. The molecule has 1 rings (SSSR count). The van der Waals surface area contributed by atoms with Gasteiger partial charge in [0, 0.05) is 11.8 Å². The second-order valence-corrected chi connectivity index (χ2v) is 2.99. The van der Waals surface area contributed by atoms with Gasteiger partial charge in [-0.15, -0.1) is 0 Å². The molecule has 1 aromatic heterocycles. The van der Waals surface area contributed by atoms with Crippen LogP contribution in [-0.4, -0.2) is 4.98 Å². The first kappa shape index (κ1) is 13.3. The largest absolute Gasteiger partial charge is 0.433 e. The average molecular weight is 254 g/mol. The topological polar surface area (TPSA) is 36.7 Å². The molecule has 0 aromatic carbocycles. The highest BCUT2D eigenvalue weighted by Gasteiger charge is 2.37. The molecular weight excluding hydrogens is 250 g/mol. The first-order chi connectivity index (χ1) is 7.79. The van der Waals surface area contributed by atoms with E-state index in [0.29, 0.717) is 0 Å². The van der Waals surface area contributed by atoms with Crippen molar-refractivity contribution in [1.82, 2.24) is 4.98 Å². The van der Waals surface area contributed by atoms with E-state index in [0.717, 1.165) is 0 Å². The molecule has 0 unspecified atom stereocenters. The van der Waals surface area contributed by atoms with Crippen molar-refractivity contribution in [3.05, 3.63) is 28.8 Å². The van der Waals surface area contributed by atoms with Crippen molar-refractivity contribution < 1.29 is 26.3 Å². The molecule has 1 heterocycles. The normalized spacial score (nSPS) is 11.6. The van der Waals surface area contributed by atoms with E-state index in [9.17, 15) is 26.3 Å². The molecule has 0 aliphatic rings. The minimum absolute atomic E-state index is 0.129. The summed E-state index contributed by atoms with van der Waals surface area (Å²) >= 11 is 0. The van der Waals surface area contributed by atoms with E-state index in [2.05, 4.69) is 4.98 Å². The van der Waals surface area contributed by atoms with Crippen molar-refractivity contribution >= 4 is 0 Å². The van der Waals surface area contributed by atoms with E-state index >= 15 is 0 Å². The molecule has 0 atom stereocenters. The summed E-state index contributed by atoms with van der Waals surface area (Å²) < 4.78 is 74.9. The van der Waals surface area contributed by atoms with Crippen LogP contribution in [0, 0.1) is 17.1 Å². The van der Waals surface area contributed by atoms with E-state index in [1.807, 2.05) is 0 Å². The average Bonchev–Trinajstić information content (AvgIpc) is 2.18. The molecule has 0 N–H and O–H groups in total. The maximum atomic E-state index is 13.3. The van der Waals surface area contributed by atoms with Crippen LogP contribution in [0.2, 0.25) is 0 Å². The van der Waals surface area contributed by atoms with Gasteiger partial charge in [0.05, 0.1) is 18.1 Å². The van der Waals surface area contributed by atoms with E-state index in [-0.39, 0.29) is 6.20 Å². The van der Waals surface area contributed by atoms with Crippen molar-refractivity contribution in [2.45, 2.75) is 19.0 Å². The number of rotatable bonds is 2. The molecule has 92 valence electrons. The first-order valence-electron chi connectivity index (χ1n) is 4.18. The van der Waals surface area contributed by atoms with Gasteiger partial charge in [0.15, 0.2) is 5.69 Å². The van der Waals surface area contributed by atoms with Crippen molar-refractivity contribution in [3.63, 3.8) is 0 Å². The minimum Gasteiger partial charge on any atom is -0.251 e. The van der Waals surface area contributed by atoms with Gasteiger partial charge >= 0.3 is 6.18 Å². The third-order valence-corrected chi connectivity index (χ3v) is 1.90. The van der Waals surface area contributed by atoms with Gasteiger partial charge in [-0.1, -0.05) is 0 Å². The molecule has 0 fully saturated rings. The van der Waals surface area contributed by atoms with Gasteiger partial charge in [-0.2, -0.15) is 18.4 Å². The van der Waals surface area contributed by atoms with Crippen LogP contribution in [0.15, 0.2) is 6.20 Å². The van der Waals surface area contributed by atoms with Crippen molar-refractivity contribution in [2.75, 3.05) is 0 Å². The fraction of sp³-hybridized carbons (Fsp3) is 0.333. The number of halogens is 6. The molecule has 0 saturated heterocycles. The maximum absolute atomic E-state index is 13.3. The number of hydrogen-bond donors (Lipinski definition) is 0. The van der Waals surface area contributed by atoms with Crippen LogP contribution < -0.4 is 0 Å². The summed E-state index contributed by atoms with van der Waals surface area (Å²) in [7, 11) is 0. The SMILES string of the molecule is N#CCc1c(C(F)(F)F)ncc(C(F)F)c1F. The zero-order chi connectivity index (χ0) is 13.2. The van der Waals surface area contributed by atoms with Crippen molar-refractivity contribution in [1.29, 1.82) is 5.26 Å². The van der Waals surface area contributed by atoms with E-state index in [4.69, 9.17) is 5.26 Å². The zero-order valence-corrected chi connectivity index (χ0v) is 8.02. The third kappa shape index (κ3) is 2.67. The Bertz CT molecular complexity index is 460. The standard InChI is InChI=1S/C9H4F6N2/c10-6-4(1-2-16)7(9(13,14)15)17-3-5(6)8(11)12/h3,8H,1H2. The summed E-state index contributed by atoms with van der Waals surface area (Å²) in [6, 6.07) is 1.28. The maximum Gasteiger partial charge on any atom is 0.433 e. The number of hydrogen-bond acceptors (Lipinski definition) is 2. The first-order valence-corrected chi connectivity index (χ1v) is 4.18. The van der Waals surface area contributed by atoms with Gasteiger partial charge in [0.25, 0.3) is 6.43 Å². The Morgan fingerprint density at radius 1 is 1.35 bits per heavy atom. The summed E-state index contributed by atoms with van der Waals surface area (Å²) in [5.41, 5.74) is -4.05. The Balaban J connectivity index is 3.46. The van der Waals surface area contributed by atoms with Gasteiger partial charge in [-0.05, 0) is 0 Å². The van der Waals surface area contributed by atoms with Gasteiger partial charge in [-0.25, -0.2) is 13.2 Å². The van der Waals surface area contributed by atoms with Crippen LogP contribution >= 0.6 is 0 Å². The summed E-state index contributed by atoms with van der Waals surface area (Å²) in [5.74, 6) is -1.73. The van der Waals surface area contributed by atoms with Crippen LogP contribution in [0.25, 0.3) is 0 Å². The molecule has 0 spiro atoms. The van der Waals surface area contributed by atoms with E-state index < -0.39 is 41.7 Å². The van der Waals surface area contributed by atoms with Crippen molar-refractivity contribution in [2.24, 2.45) is 0 Å². The molecule has 17 heavy (non-hydrogen) atoms. The Kier molecular flexibility index (Phi) is 3.60. The second-order valence-electron chi connectivity index (χ2n) is 2.99. The summed E-state index contributed by atoms with van der Waals surface area (Å²) in [6.07, 6.45) is -9.13. The molecule has 0 aliphatic carbocycles. The Morgan fingerprint density at radius 2 is 1.94 bits per heavy atom. The summed E-state index contributed by atoms with van der Waals surface area (Å²) in [5, 5.41) is 8.26. The molecule has 2 nitrogen and oxygen atoms in total. The van der Waals surface area contributed by atoms with Crippen LogP contribution in [0.1, 0.15) is 23.2 Å².